The van der Waals surface area contributed by atoms with Gasteiger partial charge in [0.25, 0.3) is 0 Å². The standard InChI is InChI=1S/C14H11BrFNO2/c15-11-5-6-12(16)13(7-11)19-8-9-1-3-10(4-2-9)14(17)18/h1-7H,8H2,(H2,17,18). The van der Waals surface area contributed by atoms with Gasteiger partial charge in [-0.05, 0) is 35.9 Å². The molecule has 0 saturated heterocycles. The molecule has 0 atom stereocenters. The van der Waals surface area contributed by atoms with Crippen molar-refractivity contribution < 1.29 is 13.9 Å². The maximum atomic E-state index is 13.4. The molecule has 0 unspecified atom stereocenters. The number of nitrogens with two attached hydrogens (primary N) is 1. The molecule has 0 fully saturated rings. The molecule has 5 heteroatoms. The Morgan fingerprint density at radius 2 is 1.89 bits per heavy atom. The van der Waals surface area contributed by atoms with Crippen molar-refractivity contribution in [3.8, 4) is 5.75 Å². The highest BCUT2D eigenvalue weighted by Gasteiger charge is 2.05. The molecule has 2 aromatic rings. The monoisotopic (exact) mass is 323 g/mol. The second-order valence-electron chi connectivity index (χ2n) is 3.92. The van der Waals surface area contributed by atoms with Gasteiger partial charge in [0.05, 0.1) is 0 Å². The number of benzene rings is 2. The van der Waals surface area contributed by atoms with E-state index in [9.17, 15) is 9.18 Å². The molecule has 2 N–H and O–H groups in total. The van der Waals surface area contributed by atoms with Gasteiger partial charge < -0.3 is 10.5 Å². The third-order valence-electron chi connectivity index (χ3n) is 2.53. The van der Waals surface area contributed by atoms with Crippen LogP contribution in [0.4, 0.5) is 4.39 Å². The first-order valence-corrected chi connectivity index (χ1v) is 6.32. The Hall–Kier alpha value is -1.88. The van der Waals surface area contributed by atoms with Gasteiger partial charge in [0.15, 0.2) is 11.6 Å². The zero-order valence-electron chi connectivity index (χ0n) is 9.90. The van der Waals surface area contributed by atoms with E-state index in [0.717, 1.165) is 10.0 Å². The Morgan fingerprint density at radius 1 is 1.21 bits per heavy atom. The summed E-state index contributed by atoms with van der Waals surface area (Å²) in [5.41, 5.74) is 6.39. The highest BCUT2D eigenvalue weighted by molar-refractivity contribution is 9.10. The minimum atomic E-state index is -0.481. The number of halogens is 2. The number of amides is 1. The van der Waals surface area contributed by atoms with E-state index in [-0.39, 0.29) is 12.4 Å². The van der Waals surface area contributed by atoms with Crippen LogP contribution in [0.25, 0.3) is 0 Å². The third kappa shape index (κ3) is 3.54. The van der Waals surface area contributed by atoms with Crippen LogP contribution in [-0.2, 0) is 6.61 Å². The summed E-state index contributed by atoms with van der Waals surface area (Å²) in [5, 5.41) is 0. The number of carbonyl (C=O) groups is 1. The lowest BCUT2D eigenvalue weighted by atomic mass is 10.1. The second kappa shape index (κ2) is 5.84. The van der Waals surface area contributed by atoms with Crippen molar-refractivity contribution >= 4 is 21.8 Å². The van der Waals surface area contributed by atoms with E-state index in [1.54, 1.807) is 36.4 Å². The number of ether oxygens (including phenoxy) is 1. The first-order valence-electron chi connectivity index (χ1n) is 5.53. The smallest absolute Gasteiger partial charge is 0.248 e. The van der Waals surface area contributed by atoms with Crippen molar-refractivity contribution in [1.82, 2.24) is 0 Å². The van der Waals surface area contributed by atoms with Crippen LogP contribution in [0.1, 0.15) is 15.9 Å². The van der Waals surface area contributed by atoms with Gasteiger partial charge in [-0.2, -0.15) is 0 Å². The molecule has 3 nitrogen and oxygen atoms in total. The van der Waals surface area contributed by atoms with Gasteiger partial charge in [0.2, 0.25) is 5.91 Å². The highest BCUT2D eigenvalue weighted by Crippen LogP contribution is 2.23. The van der Waals surface area contributed by atoms with Gasteiger partial charge in [-0.1, -0.05) is 28.1 Å². The lowest BCUT2D eigenvalue weighted by Crippen LogP contribution is -2.10. The molecule has 19 heavy (non-hydrogen) atoms. The van der Waals surface area contributed by atoms with E-state index >= 15 is 0 Å². The second-order valence-corrected chi connectivity index (χ2v) is 4.84. The number of hydrogen-bond acceptors (Lipinski definition) is 2. The fourth-order valence-corrected chi connectivity index (χ4v) is 1.85. The van der Waals surface area contributed by atoms with Crippen molar-refractivity contribution in [2.45, 2.75) is 6.61 Å². The van der Waals surface area contributed by atoms with E-state index in [1.807, 2.05) is 0 Å². The molecule has 0 saturated carbocycles. The molecule has 2 rings (SSSR count). The predicted octanol–water partition coefficient (Wildman–Crippen LogP) is 3.27. The van der Waals surface area contributed by atoms with Crippen LogP contribution in [0.2, 0.25) is 0 Å². The van der Waals surface area contributed by atoms with E-state index in [4.69, 9.17) is 10.5 Å². The van der Waals surface area contributed by atoms with Gasteiger partial charge in [-0.3, -0.25) is 4.79 Å². The quantitative estimate of drug-likeness (QED) is 0.938. The van der Waals surface area contributed by atoms with Crippen LogP contribution in [0.15, 0.2) is 46.9 Å². The van der Waals surface area contributed by atoms with E-state index in [0.29, 0.717) is 5.56 Å². The van der Waals surface area contributed by atoms with Crippen molar-refractivity contribution in [2.24, 2.45) is 5.73 Å². The van der Waals surface area contributed by atoms with E-state index in [2.05, 4.69) is 15.9 Å². The third-order valence-corrected chi connectivity index (χ3v) is 3.02. The van der Waals surface area contributed by atoms with Crippen molar-refractivity contribution in [3.05, 3.63) is 63.9 Å². The first-order chi connectivity index (χ1) is 9.06. The van der Waals surface area contributed by atoms with Gasteiger partial charge in [-0.15, -0.1) is 0 Å². The molecule has 1 amide bonds. The van der Waals surface area contributed by atoms with Gasteiger partial charge in [-0.25, -0.2) is 4.39 Å². The fraction of sp³-hybridized carbons (Fsp3) is 0.0714. The Morgan fingerprint density at radius 3 is 2.53 bits per heavy atom. The zero-order valence-corrected chi connectivity index (χ0v) is 11.5. The van der Waals surface area contributed by atoms with Gasteiger partial charge in [0.1, 0.15) is 6.61 Å². The number of rotatable bonds is 4. The highest BCUT2D eigenvalue weighted by atomic mass is 79.9. The molecular formula is C14H11BrFNO2. The van der Waals surface area contributed by atoms with E-state index in [1.165, 1.54) is 6.07 Å². The summed E-state index contributed by atoms with van der Waals surface area (Å²) in [6, 6.07) is 11.1. The molecule has 0 aliphatic rings. The molecule has 98 valence electrons. The van der Waals surface area contributed by atoms with Crippen LogP contribution in [-0.4, -0.2) is 5.91 Å². The summed E-state index contributed by atoms with van der Waals surface area (Å²) in [5.74, 6) is -0.726. The number of carbonyl (C=O) groups excluding carboxylic acids is 1. The Bertz CT molecular complexity index is 599. The van der Waals surface area contributed by atoms with Crippen LogP contribution in [0, 0.1) is 5.82 Å². The van der Waals surface area contributed by atoms with Gasteiger partial charge >= 0.3 is 0 Å². The Labute approximate surface area is 118 Å². The number of hydrogen-bond donors (Lipinski definition) is 1. The molecule has 0 spiro atoms. The normalized spacial score (nSPS) is 10.2. The molecule has 0 aliphatic heterocycles. The zero-order chi connectivity index (χ0) is 13.8. The van der Waals surface area contributed by atoms with Crippen molar-refractivity contribution in [1.29, 1.82) is 0 Å². The van der Waals surface area contributed by atoms with Crippen molar-refractivity contribution in [3.63, 3.8) is 0 Å². The lowest BCUT2D eigenvalue weighted by Gasteiger charge is -2.08. The fourth-order valence-electron chi connectivity index (χ4n) is 1.51. The summed E-state index contributed by atoms with van der Waals surface area (Å²) in [6.45, 7) is 0.215. The van der Waals surface area contributed by atoms with Crippen LogP contribution >= 0.6 is 15.9 Å². The molecule has 0 aromatic heterocycles. The maximum absolute atomic E-state index is 13.4. The topological polar surface area (TPSA) is 52.3 Å². The minimum absolute atomic E-state index is 0.174. The molecule has 2 aromatic carbocycles. The average Bonchev–Trinajstić information content (AvgIpc) is 2.40. The predicted molar refractivity (Wildman–Crippen MR) is 73.4 cm³/mol. The summed E-state index contributed by atoms with van der Waals surface area (Å²) < 4.78 is 19.6. The number of primary amides is 1. The first kappa shape index (κ1) is 13.5. The molecule has 0 bridgehead atoms. The van der Waals surface area contributed by atoms with Gasteiger partial charge in [0, 0.05) is 10.0 Å². The summed E-state index contributed by atoms with van der Waals surface area (Å²) >= 11 is 3.25. The van der Waals surface area contributed by atoms with Crippen molar-refractivity contribution in [2.75, 3.05) is 0 Å². The minimum Gasteiger partial charge on any atom is -0.486 e. The lowest BCUT2D eigenvalue weighted by molar-refractivity contribution is 0.1000. The summed E-state index contributed by atoms with van der Waals surface area (Å²) in [6.07, 6.45) is 0. The van der Waals surface area contributed by atoms with E-state index < -0.39 is 11.7 Å². The van der Waals surface area contributed by atoms with Crippen LogP contribution < -0.4 is 10.5 Å². The molecule has 0 heterocycles. The summed E-state index contributed by atoms with van der Waals surface area (Å²) in [4.78, 5) is 10.9. The Kier molecular flexibility index (Phi) is 4.16. The molecular weight excluding hydrogens is 313 g/mol. The largest absolute Gasteiger partial charge is 0.486 e. The average molecular weight is 324 g/mol. The SMILES string of the molecule is NC(=O)c1ccc(COc2cc(Br)ccc2F)cc1. The van der Waals surface area contributed by atoms with Crippen LogP contribution in [0.5, 0.6) is 5.75 Å². The summed E-state index contributed by atoms with van der Waals surface area (Å²) in [7, 11) is 0. The molecule has 0 radical (unpaired) electrons. The Balaban J connectivity index is 2.06. The van der Waals surface area contributed by atoms with Crippen LogP contribution in [0.3, 0.4) is 0 Å². The maximum Gasteiger partial charge on any atom is 0.248 e. The molecule has 0 aliphatic carbocycles.